The van der Waals surface area contributed by atoms with E-state index in [2.05, 4.69) is 22.2 Å². The molecule has 2 aromatic heterocycles. The van der Waals surface area contributed by atoms with Crippen LogP contribution in [0.15, 0.2) is 36.7 Å². The van der Waals surface area contributed by atoms with Crippen LogP contribution in [0.5, 0.6) is 11.8 Å². The third-order valence-electron chi connectivity index (χ3n) is 5.40. The molecule has 1 fully saturated rings. The molecule has 3 aromatic rings. The van der Waals surface area contributed by atoms with Gasteiger partial charge in [-0.05, 0) is 44.2 Å². The second-order valence-corrected chi connectivity index (χ2v) is 7.93. The van der Waals surface area contributed by atoms with Gasteiger partial charge in [0.25, 0.3) is 5.91 Å². The number of amides is 1. The highest BCUT2D eigenvalue weighted by molar-refractivity contribution is 5.93. The molecule has 0 bridgehead atoms. The Kier molecular flexibility index (Phi) is 6.60. The number of benzene rings is 1. The van der Waals surface area contributed by atoms with Crippen molar-refractivity contribution in [3.8, 4) is 11.8 Å². The van der Waals surface area contributed by atoms with Crippen molar-refractivity contribution >= 4 is 16.8 Å². The van der Waals surface area contributed by atoms with Gasteiger partial charge in [0.15, 0.2) is 0 Å². The van der Waals surface area contributed by atoms with Crippen molar-refractivity contribution in [3.05, 3.63) is 53.5 Å². The van der Waals surface area contributed by atoms with Crippen molar-refractivity contribution < 1.29 is 14.3 Å². The number of pyridine rings is 1. The van der Waals surface area contributed by atoms with Crippen LogP contribution in [0.1, 0.15) is 54.2 Å². The normalized spacial score (nSPS) is 13.2. The molecular formula is C24H28N4O3. The summed E-state index contributed by atoms with van der Waals surface area (Å²) >= 11 is 0. The first-order valence-electron chi connectivity index (χ1n) is 10.9. The number of aromatic nitrogens is 3. The summed E-state index contributed by atoms with van der Waals surface area (Å²) in [6, 6.07) is 8.15. The molecule has 1 aliphatic carbocycles. The maximum atomic E-state index is 12.1. The lowest BCUT2D eigenvalue weighted by Gasteiger charge is -2.15. The first kappa shape index (κ1) is 21.0. The van der Waals surface area contributed by atoms with Gasteiger partial charge in [-0.1, -0.05) is 25.5 Å². The molecule has 0 unspecified atom stereocenters. The third kappa shape index (κ3) is 5.29. The molecule has 162 valence electrons. The van der Waals surface area contributed by atoms with E-state index >= 15 is 0 Å². The molecule has 31 heavy (non-hydrogen) atoms. The molecule has 0 atom stereocenters. The maximum absolute atomic E-state index is 12.1. The van der Waals surface area contributed by atoms with E-state index in [-0.39, 0.29) is 18.5 Å². The average Bonchev–Trinajstić information content (AvgIpc) is 3.63. The maximum Gasteiger partial charge on any atom is 0.316 e. The minimum absolute atomic E-state index is 0.153. The zero-order chi connectivity index (χ0) is 21.6. The van der Waals surface area contributed by atoms with Crippen molar-refractivity contribution in [1.82, 2.24) is 20.3 Å². The number of nitrogens with one attached hydrogen (secondary N) is 1. The van der Waals surface area contributed by atoms with Crippen LogP contribution in [0.4, 0.5) is 0 Å². The number of carbonyl (C=O) groups excluding carboxylic acids is 1. The Balaban J connectivity index is 1.45. The number of unbranched alkanes of at least 4 members (excludes halogenated alkanes) is 1. The standard InChI is InChI=1S/C24H28N4O3/c1-3-4-11-30-22-16(2)21(28-20-8-6-5-7-19(20)22)15-31-24-26-13-18(14-27-24)23(29)25-12-17-9-10-17/h5-8,13-14,17H,3-4,9-12,15H2,1-2H3,(H,25,29). The number of nitrogens with zero attached hydrogens (tertiary/aromatic N) is 3. The SMILES string of the molecule is CCCCOc1c(C)c(COc2ncc(C(=O)NCC3CC3)cn2)nc2ccccc12. The molecule has 0 saturated heterocycles. The molecule has 0 aliphatic heterocycles. The van der Waals surface area contributed by atoms with Gasteiger partial charge in [0.05, 0.1) is 23.4 Å². The number of carbonyl (C=O) groups is 1. The topological polar surface area (TPSA) is 86.2 Å². The van der Waals surface area contributed by atoms with Crippen molar-refractivity contribution in [2.24, 2.45) is 5.92 Å². The smallest absolute Gasteiger partial charge is 0.316 e. The highest BCUT2D eigenvalue weighted by Crippen LogP contribution is 2.31. The van der Waals surface area contributed by atoms with E-state index in [0.29, 0.717) is 24.6 Å². The molecule has 1 amide bonds. The second-order valence-electron chi connectivity index (χ2n) is 7.93. The molecule has 1 aromatic carbocycles. The van der Waals surface area contributed by atoms with E-state index in [1.54, 1.807) is 0 Å². The summed E-state index contributed by atoms with van der Waals surface area (Å²) in [5, 5.41) is 3.90. The molecule has 1 N–H and O–H groups in total. The van der Waals surface area contributed by atoms with Crippen LogP contribution >= 0.6 is 0 Å². The minimum atomic E-state index is -0.153. The van der Waals surface area contributed by atoms with Gasteiger partial charge in [0, 0.05) is 29.9 Å². The Hall–Kier alpha value is -3.22. The van der Waals surface area contributed by atoms with Gasteiger partial charge in [-0.25, -0.2) is 15.0 Å². The number of fused-ring (bicyclic) bond motifs is 1. The summed E-state index contributed by atoms with van der Waals surface area (Å²) in [7, 11) is 0. The molecule has 7 heteroatoms. The number of ether oxygens (including phenoxy) is 2. The predicted molar refractivity (Wildman–Crippen MR) is 118 cm³/mol. The fourth-order valence-corrected chi connectivity index (χ4v) is 3.27. The summed E-state index contributed by atoms with van der Waals surface area (Å²) in [6.45, 7) is 5.73. The van der Waals surface area contributed by atoms with Crippen LogP contribution in [-0.4, -0.2) is 34.0 Å². The van der Waals surface area contributed by atoms with Gasteiger partial charge in [-0.3, -0.25) is 4.79 Å². The lowest BCUT2D eigenvalue weighted by Crippen LogP contribution is -2.25. The molecule has 7 nitrogen and oxygen atoms in total. The average molecular weight is 421 g/mol. The second kappa shape index (κ2) is 9.73. The third-order valence-corrected chi connectivity index (χ3v) is 5.40. The lowest BCUT2D eigenvalue weighted by molar-refractivity contribution is 0.0951. The molecular weight excluding hydrogens is 392 g/mol. The van der Waals surface area contributed by atoms with Gasteiger partial charge in [-0.2, -0.15) is 0 Å². The summed E-state index contributed by atoms with van der Waals surface area (Å²) < 4.78 is 11.9. The first-order chi connectivity index (χ1) is 15.2. The highest BCUT2D eigenvalue weighted by atomic mass is 16.5. The zero-order valence-corrected chi connectivity index (χ0v) is 18.1. The Morgan fingerprint density at radius 3 is 2.68 bits per heavy atom. The molecule has 2 heterocycles. The van der Waals surface area contributed by atoms with Gasteiger partial charge in [0.2, 0.25) is 0 Å². The number of hydrogen-bond acceptors (Lipinski definition) is 6. The van der Waals surface area contributed by atoms with Crippen LogP contribution in [-0.2, 0) is 6.61 Å². The summed E-state index contributed by atoms with van der Waals surface area (Å²) in [5.41, 5.74) is 3.02. The van der Waals surface area contributed by atoms with Crippen LogP contribution in [0.25, 0.3) is 10.9 Å². The summed E-state index contributed by atoms with van der Waals surface area (Å²) in [4.78, 5) is 25.2. The molecule has 1 aliphatic rings. The lowest BCUT2D eigenvalue weighted by atomic mass is 10.1. The molecule has 1 saturated carbocycles. The molecule has 0 radical (unpaired) electrons. The fourth-order valence-electron chi connectivity index (χ4n) is 3.27. The van der Waals surface area contributed by atoms with Gasteiger partial charge in [0.1, 0.15) is 12.4 Å². The van der Waals surface area contributed by atoms with E-state index in [1.165, 1.54) is 25.2 Å². The first-order valence-corrected chi connectivity index (χ1v) is 10.9. The van der Waals surface area contributed by atoms with E-state index in [0.717, 1.165) is 40.8 Å². The Labute approximate surface area is 182 Å². The minimum Gasteiger partial charge on any atom is -0.493 e. The van der Waals surface area contributed by atoms with E-state index < -0.39 is 0 Å². The fraction of sp³-hybridized carbons (Fsp3) is 0.417. The van der Waals surface area contributed by atoms with Gasteiger partial charge < -0.3 is 14.8 Å². The Bertz CT molecular complexity index is 1050. The summed E-state index contributed by atoms with van der Waals surface area (Å²) in [5.74, 6) is 1.32. The number of para-hydroxylation sites is 1. The molecule has 4 rings (SSSR count). The van der Waals surface area contributed by atoms with E-state index in [9.17, 15) is 4.79 Å². The van der Waals surface area contributed by atoms with Crippen molar-refractivity contribution in [1.29, 1.82) is 0 Å². The van der Waals surface area contributed by atoms with Crippen LogP contribution in [0, 0.1) is 12.8 Å². The van der Waals surface area contributed by atoms with Crippen molar-refractivity contribution in [3.63, 3.8) is 0 Å². The largest absolute Gasteiger partial charge is 0.493 e. The Morgan fingerprint density at radius 2 is 1.94 bits per heavy atom. The van der Waals surface area contributed by atoms with Crippen LogP contribution < -0.4 is 14.8 Å². The molecule has 0 spiro atoms. The number of rotatable bonds is 10. The zero-order valence-electron chi connectivity index (χ0n) is 18.1. The van der Waals surface area contributed by atoms with E-state index in [1.807, 2.05) is 31.2 Å². The van der Waals surface area contributed by atoms with Crippen LogP contribution in [0.2, 0.25) is 0 Å². The quantitative estimate of drug-likeness (QED) is 0.494. The van der Waals surface area contributed by atoms with E-state index in [4.69, 9.17) is 14.5 Å². The van der Waals surface area contributed by atoms with Crippen LogP contribution in [0.3, 0.4) is 0 Å². The number of hydrogen-bond donors (Lipinski definition) is 1. The Morgan fingerprint density at radius 1 is 1.16 bits per heavy atom. The van der Waals surface area contributed by atoms with Gasteiger partial charge >= 0.3 is 6.01 Å². The highest BCUT2D eigenvalue weighted by Gasteiger charge is 2.22. The predicted octanol–water partition coefficient (Wildman–Crippen LogP) is 4.23. The van der Waals surface area contributed by atoms with Crippen molar-refractivity contribution in [2.75, 3.05) is 13.2 Å². The van der Waals surface area contributed by atoms with Gasteiger partial charge in [-0.15, -0.1) is 0 Å². The summed E-state index contributed by atoms with van der Waals surface area (Å²) in [6.07, 6.45) is 7.43. The monoisotopic (exact) mass is 420 g/mol. The van der Waals surface area contributed by atoms with Crippen molar-refractivity contribution in [2.45, 2.75) is 46.1 Å².